The standard InChI is InChI=1S/C27H31FN2O3.C23H23FN2O3.C16H25BO4.C11H8BrFN2O/c1-26(2,3)33-25(32)27(4,5)12-10-16-6-8-17(9-7-16)23-19-11-13-29-24(31)20-14-18(28)15-21(30-23)22(19)20;1-23(2,22(28)29)9-7-13-3-5-14(6-4-13)20-16-8-10-25-21(27)17-11-15(24)12-18(26-20)19(16)17;1-15(2,3)21-14(18)16(4,5)11-10-12-6-8-13(9-7-12)17(19)20;12-10-6-1-2-14-11(16)7-3-5(13)4-8(15-10)9(6)7/h6-9,14-15,30H,10-13H2,1-5H3,(H,29,31);3-6,11-12,26H,7-10H2,1-2H3,(H,25,27)(H,28,29);6-9,19-20H,10-11H2,1-5H3;3-4,15H,1-2H2,(H,14,16). The minimum absolute atomic E-state index is 0.189. The summed E-state index contributed by atoms with van der Waals surface area (Å²) in [7, 11) is -1.45. The molecule has 522 valence electrons. The number of aryl methyl sites for hydroxylation is 3. The molecule has 0 radical (unpaired) electrons. The SMILES string of the molecule is CC(C)(C)OC(=O)C(C)(C)CCc1ccc(-c2[nH]c3cc(F)cc4c3c2CCNC4=O)cc1.CC(C)(C)OC(=O)C(C)(C)CCc1ccc(B(O)O)cc1.CC(C)(CCc1ccc(-c2[nH]c3cc(F)cc4c3c2CCNC4=O)cc1)C(=O)O.O=C1NCCc2c(Br)[nH]c3cc(F)cc1c23. The summed E-state index contributed by atoms with van der Waals surface area (Å²) in [6.45, 7) is 23.8. The van der Waals surface area contributed by atoms with Gasteiger partial charge in [0.2, 0.25) is 0 Å². The first kappa shape index (κ1) is 74.2. The molecule has 0 atom stereocenters. The summed E-state index contributed by atoms with van der Waals surface area (Å²) in [6, 6.07) is 31.4. The average molecular weight is 1420 g/mol. The Morgan fingerprint density at radius 1 is 0.465 bits per heavy atom. The molecule has 9 aromatic rings. The van der Waals surface area contributed by atoms with Crippen LogP contribution in [0.25, 0.3) is 55.2 Å². The van der Waals surface area contributed by atoms with Gasteiger partial charge in [0.25, 0.3) is 17.7 Å². The summed E-state index contributed by atoms with van der Waals surface area (Å²) in [6.07, 6.45) is 6.12. The van der Waals surface area contributed by atoms with Gasteiger partial charge < -0.3 is 55.5 Å². The van der Waals surface area contributed by atoms with Crippen molar-refractivity contribution < 1.29 is 66.6 Å². The van der Waals surface area contributed by atoms with Gasteiger partial charge in [-0.05, 0) is 243 Å². The number of aromatic amines is 3. The van der Waals surface area contributed by atoms with Crippen LogP contribution in [0.4, 0.5) is 13.2 Å². The fourth-order valence-electron chi connectivity index (χ4n) is 12.1. The zero-order chi connectivity index (χ0) is 72.3. The topological polar surface area (TPSA) is 265 Å². The fourth-order valence-corrected chi connectivity index (χ4v) is 12.7. The second-order valence-electron chi connectivity index (χ2n) is 29.5. The Hall–Kier alpha value is -8.99. The minimum atomic E-state index is -1.45. The fraction of sp³-hybridized carbons (Fsp3) is 0.377. The zero-order valence-corrected chi connectivity index (χ0v) is 59.7. The van der Waals surface area contributed by atoms with Crippen LogP contribution in [0.15, 0.2) is 114 Å². The zero-order valence-electron chi connectivity index (χ0n) is 58.1. The number of hydrogen-bond acceptors (Lipinski definition) is 10. The number of rotatable bonds is 15. The number of carbonyl (C=O) groups excluding carboxylic acids is 5. The Bertz CT molecular complexity index is 4520. The molecule has 6 aromatic carbocycles. The number of nitrogens with one attached hydrogen (secondary N) is 6. The van der Waals surface area contributed by atoms with Crippen LogP contribution in [-0.4, -0.2) is 104 Å². The highest BCUT2D eigenvalue weighted by atomic mass is 79.9. The molecule has 17 nitrogen and oxygen atoms in total. The van der Waals surface area contributed by atoms with E-state index >= 15 is 0 Å². The predicted octanol–water partition coefficient (Wildman–Crippen LogP) is 13.9. The number of aromatic nitrogens is 3. The highest BCUT2D eigenvalue weighted by molar-refractivity contribution is 9.10. The number of halogens is 4. The van der Waals surface area contributed by atoms with E-state index in [1.807, 2.05) is 118 Å². The summed E-state index contributed by atoms with van der Waals surface area (Å²) >= 11 is 3.40. The van der Waals surface area contributed by atoms with Gasteiger partial charge >= 0.3 is 25.0 Å². The van der Waals surface area contributed by atoms with E-state index in [0.29, 0.717) is 96.9 Å². The van der Waals surface area contributed by atoms with Crippen molar-refractivity contribution in [3.8, 4) is 22.5 Å². The van der Waals surface area contributed by atoms with Gasteiger partial charge in [0.15, 0.2) is 0 Å². The van der Waals surface area contributed by atoms with E-state index < -0.39 is 58.0 Å². The van der Waals surface area contributed by atoms with Crippen molar-refractivity contribution in [3.63, 3.8) is 0 Å². The minimum Gasteiger partial charge on any atom is -0.481 e. The van der Waals surface area contributed by atoms with Crippen molar-refractivity contribution in [1.29, 1.82) is 0 Å². The molecular weight excluding hydrogens is 1330 g/mol. The molecule has 0 fully saturated rings. The Morgan fingerprint density at radius 3 is 1.11 bits per heavy atom. The lowest BCUT2D eigenvalue weighted by Gasteiger charge is -2.28. The van der Waals surface area contributed by atoms with Gasteiger partial charge in [0.1, 0.15) is 28.7 Å². The number of aliphatic carboxylic acids is 1. The molecule has 0 spiro atoms. The van der Waals surface area contributed by atoms with Crippen LogP contribution in [0.3, 0.4) is 0 Å². The van der Waals surface area contributed by atoms with E-state index in [1.54, 1.807) is 26.0 Å². The molecule has 0 bridgehead atoms. The quantitative estimate of drug-likeness (QED) is 0.0344. The van der Waals surface area contributed by atoms with Crippen LogP contribution in [-0.2, 0) is 62.4 Å². The Labute approximate surface area is 583 Å². The molecule has 0 unspecified atom stereocenters. The third-order valence-electron chi connectivity index (χ3n) is 17.9. The summed E-state index contributed by atoms with van der Waals surface area (Å²) in [5.74, 6) is -3.18. The van der Waals surface area contributed by atoms with Crippen molar-refractivity contribution in [1.82, 2.24) is 30.9 Å². The third kappa shape index (κ3) is 18.1. The maximum atomic E-state index is 14.1. The molecule has 0 saturated heterocycles. The smallest absolute Gasteiger partial charge is 0.481 e. The molecule has 9 N–H and O–H groups in total. The summed E-state index contributed by atoms with van der Waals surface area (Å²) in [5.41, 5.74) is 10.7. The van der Waals surface area contributed by atoms with Gasteiger partial charge in [-0.25, -0.2) is 13.2 Å². The van der Waals surface area contributed by atoms with E-state index in [1.165, 1.54) is 36.4 Å². The maximum Gasteiger partial charge on any atom is 0.488 e. The first-order valence-corrected chi connectivity index (χ1v) is 34.0. The maximum absolute atomic E-state index is 14.1. The molecule has 3 aliphatic heterocycles. The lowest BCUT2D eigenvalue weighted by molar-refractivity contribution is -0.167. The van der Waals surface area contributed by atoms with Gasteiger partial charge in [-0.15, -0.1) is 0 Å². The molecular formula is C77H87BBrF3N6O11. The second-order valence-corrected chi connectivity index (χ2v) is 30.3. The van der Waals surface area contributed by atoms with Crippen LogP contribution in [0.1, 0.15) is 167 Å². The predicted molar refractivity (Wildman–Crippen MR) is 383 cm³/mol. The van der Waals surface area contributed by atoms with Crippen molar-refractivity contribution in [2.75, 3.05) is 19.6 Å². The lowest BCUT2D eigenvalue weighted by atomic mass is 9.79. The average Bonchev–Trinajstić information content (AvgIpc) is 1.62. The van der Waals surface area contributed by atoms with Crippen molar-refractivity contribution in [3.05, 3.63) is 181 Å². The van der Waals surface area contributed by atoms with Gasteiger partial charge in [0, 0.05) is 58.2 Å². The number of H-pyrrole nitrogens is 3. The van der Waals surface area contributed by atoms with Gasteiger partial charge in [-0.2, -0.15) is 0 Å². The lowest BCUT2D eigenvalue weighted by Crippen LogP contribution is -2.34. The Morgan fingerprint density at radius 2 is 0.778 bits per heavy atom. The molecule has 22 heteroatoms. The van der Waals surface area contributed by atoms with Gasteiger partial charge in [-0.3, -0.25) is 28.8 Å². The van der Waals surface area contributed by atoms with E-state index in [0.717, 1.165) is 95.9 Å². The normalized spacial score (nSPS) is 13.8. The number of esters is 2. The monoisotopic (exact) mass is 1420 g/mol. The van der Waals surface area contributed by atoms with E-state index in [9.17, 15) is 47.0 Å². The number of carboxylic acid groups (broad SMARTS) is 1. The molecule has 3 amide bonds. The molecule has 3 aromatic heterocycles. The van der Waals surface area contributed by atoms with Crippen LogP contribution in [0.2, 0.25) is 0 Å². The summed E-state index contributed by atoms with van der Waals surface area (Å²) in [4.78, 5) is 82.1. The summed E-state index contributed by atoms with van der Waals surface area (Å²) < 4.78 is 53.3. The Kier molecular flexibility index (Phi) is 22.4. The molecule has 99 heavy (non-hydrogen) atoms. The van der Waals surface area contributed by atoms with E-state index in [2.05, 4.69) is 59.0 Å². The first-order valence-electron chi connectivity index (χ1n) is 33.2. The molecule has 0 aliphatic carbocycles. The van der Waals surface area contributed by atoms with Crippen LogP contribution in [0, 0.1) is 33.7 Å². The number of carbonyl (C=O) groups is 6. The highest BCUT2D eigenvalue weighted by Gasteiger charge is 2.35. The van der Waals surface area contributed by atoms with Crippen molar-refractivity contribution >= 4 is 96.8 Å². The van der Waals surface area contributed by atoms with Gasteiger partial charge in [-0.1, -0.05) is 72.8 Å². The van der Waals surface area contributed by atoms with Crippen LogP contribution in [0.5, 0.6) is 0 Å². The highest BCUT2D eigenvalue weighted by Crippen LogP contribution is 2.39. The van der Waals surface area contributed by atoms with Crippen LogP contribution >= 0.6 is 15.9 Å². The number of hydrogen-bond donors (Lipinski definition) is 9. The van der Waals surface area contributed by atoms with Crippen LogP contribution < -0.4 is 21.4 Å². The molecule has 0 saturated carbocycles. The Balaban J connectivity index is 0.000000159. The first-order chi connectivity index (χ1) is 46.4. The number of amides is 3. The number of ether oxygens (including phenoxy) is 2. The molecule has 3 aliphatic rings. The largest absolute Gasteiger partial charge is 0.488 e. The third-order valence-corrected chi connectivity index (χ3v) is 18.6. The number of carboxylic acids is 1. The number of benzene rings is 6. The van der Waals surface area contributed by atoms with Crippen molar-refractivity contribution in [2.24, 2.45) is 16.2 Å². The molecule has 12 rings (SSSR count). The van der Waals surface area contributed by atoms with E-state index in [4.69, 9.17) is 19.5 Å². The van der Waals surface area contributed by atoms with E-state index in [-0.39, 0.29) is 29.7 Å². The second kappa shape index (κ2) is 29.8. The van der Waals surface area contributed by atoms with Crippen molar-refractivity contribution in [2.45, 2.75) is 152 Å². The summed E-state index contributed by atoms with van der Waals surface area (Å²) in [5, 5.41) is 38.2. The molecule has 6 heterocycles. The van der Waals surface area contributed by atoms with Gasteiger partial charge in [0.05, 0.1) is 43.1 Å².